The van der Waals surface area contributed by atoms with E-state index in [1.54, 1.807) is 18.9 Å². The average Bonchev–Trinajstić information content (AvgIpc) is 2.73. The maximum absolute atomic E-state index is 12.7. The lowest BCUT2D eigenvalue weighted by molar-refractivity contribution is -0.139. The number of ether oxygens (including phenoxy) is 1. The van der Waals surface area contributed by atoms with Gasteiger partial charge in [-0.2, -0.15) is 0 Å². The van der Waals surface area contributed by atoms with Gasteiger partial charge in [0.2, 0.25) is 10.0 Å². The monoisotopic (exact) mass is 416 g/mol. The van der Waals surface area contributed by atoms with E-state index < -0.39 is 16.1 Å². The molecule has 1 atom stereocenters. The van der Waals surface area contributed by atoms with Crippen LogP contribution < -0.4 is 4.74 Å². The summed E-state index contributed by atoms with van der Waals surface area (Å²) in [5.41, 5.74) is 2.22. The second-order valence-corrected chi connectivity index (χ2v) is 9.53. The van der Waals surface area contributed by atoms with E-state index in [-0.39, 0.29) is 11.9 Å². The highest BCUT2D eigenvalue weighted by molar-refractivity contribution is 7.88. The standard InChI is InChI=1S/C22H28N2O4S/c1-17(22(25)24-15-13-20(14-16-24)23(2)29(3,26)27)28-21-11-9-19(10-12-21)18-7-5-4-6-8-18/h4-12,17,20H,13-16H2,1-3H3. The molecule has 0 aliphatic carbocycles. The van der Waals surface area contributed by atoms with Crippen LogP contribution in [0.1, 0.15) is 19.8 Å². The van der Waals surface area contributed by atoms with Gasteiger partial charge in [0.05, 0.1) is 6.26 Å². The Morgan fingerprint density at radius 3 is 2.14 bits per heavy atom. The van der Waals surface area contributed by atoms with Gasteiger partial charge in [-0.3, -0.25) is 4.79 Å². The Kier molecular flexibility index (Phi) is 6.59. The smallest absolute Gasteiger partial charge is 0.263 e. The van der Waals surface area contributed by atoms with E-state index in [2.05, 4.69) is 0 Å². The second-order valence-electron chi connectivity index (χ2n) is 7.49. The van der Waals surface area contributed by atoms with Gasteiger partial charge in [0.1, 0.15) is 5.75 Å². The third kappa shape index (κ3) is 5.36. The first kappa shape index (κ1) is 21.3. The molecular formula is C22H28N2O4S. The summed E-state index contributed by atoms with van der Waals surface area (Å²) in [6.07, 6.45) is 1.88. The first-order valence-electron chi connectivity index (χ1n) is 9.79. The van der Waals surface area contributed by atoms with Crippen LogP contribution in [0, 0.1) is 0 Å². The highest BCUT2D eigenvalue weighted by atomic mass is 32.2. The Balaban J connectivity index is 1.55. The third-order valence-corrected chi connectivity index (χ3v) is 6.78. The predicted molar refractivity (Wildman–Crippen MR) is 114 cm³/mol. The second kappa shape index (κ2) is 8.97. The Bertz CT molecular complexity index is 921. The molecule has 1 heterocycles. The number of rotatable bonds is 6. The number of carbonyl (C=O) groups excluding carboxylic acids is 1. The maximum Gasteiger partial charge on any atom is 0.263 e. The van der Waals surface area contributed by atoms with Crippen molar-refractivity contribution >= 4 is 15.9 Å². The minimum Gasteiger partial charge on any atom is -0.481 e. The maximum atomic E-state index is 12.7. The minimum absolute atomic E-state index is 0.0594. The summed E-state index contributed by atoms with van der Waals surface area (Å²) < 4.78 is 30.7. The van der Waals surface area contributed by atoms with Crippen LogP contribution >= 0.6 is 0 Å². The highest BCUT2D eigenvalue weighted by Crippen LogP contribution is 2.23. The fraction of sp³-hybridized carbons (Fsp3) is 0.409. The highest BCUT2D eigenvalue weighted by Gasteiger charge is 2.31. The fourth-order valence-corrected chi connectivity index (χ4v) is 4.34. The molecule has 0 bridgehead atoms. The SMILES string of the molecule is CC(Oc1ccc(-c2ccccc2)cc1)C(=O)N1CCC(N(C)S(C)(=O)=O)CC1. The molecule has 2 aromatic carbocycles. The van der Waals surface area contributed by atoms with E-state index in [4.69, 9.17) is 4.74 Å². The number of piperidine rings is 1. The van der Waals surface area contributed by atoms with Crippen LogP contribution in [-0.4, -0.2) is 62.1 Å². The molecule has 1 aliphatic heterocycles. The van der Waals surface area contributed by atoms with Crippen molar-refractivity contribution in [2.24, 2.45) is 0 Å². The number of hydrogen-bond donors (Lipinski definition) is 0. The lowest BCUT2D eigenvalue weighted by atomic mass is 10.0. The number of benzene rings is 2. The third-order valence-electron chi connectivity index (χ3n) is 5.44. The van der Waals surface area contributed by atoms with Crippen LogP contribution in [0.4, 0.5) is 0 Å². The van der Waals surface area contributed by atoms with Gasteiger partial charge in [-0.15, -0.1) is 0 Å². The molecule has 29 heavy (non-hydrogen) atoms. The zero-order valence-corrected chi connectivity index (χ0v) is 17.9. The molecular weight excluding hydrogens is 388 g/mol. The van der Waals surface area contributed by atoms with Crippen LogP contribution in [0.3, 0.4) is 0 Å². The van der Waals surface area contributed by atoms with Crippen LogP contribution in [0.2, 0.25) is 0 Å². The van der Waals surface area contributed by atoms with Gasteiger partial charge in [0.15, 0.2) is 6.10 Å². The molecule has 0 N–H and O–H groups in total. The molecule has 6 nitrogen and oxygen atoms in total. The molecule has 156 valence electrons. The summed E-state index contributed by atoms with van der Waals surface area (Å²) in [4.78, 5) is 14.5. The minimum atomic E-state index is -3.22. The van der Waals surface area contributed by atoms with E-state index >= 15 is 0 Å². The number of hydrogen-bond acceptors (Lipinski definition) is 4. The summed E-state index contributed by atoms with van der Waals surface area (Å²) in [5.74, 6) is 0.579. The number of likely N-dealkylation sites (tertiary alicyclic amines) is 1. The van der Waals surface area contributed by atoms with E-state index in [1.165, 1.54) is 10.6 Å². The molecule has 0 radical (unpaired) electrons. The summed E-state index contributed by atoms with van der Waals surface area (Å²) in [6.45, 7) is 2.82. The molecule has 1 amide bonds. The van der Waals surface area contributed by atoms with Crippen molar-refractivity contribution in [2.45, 2.75) is 31.9 Å². The molecule has 1 fully saturated rings. The number of amides is 1. The van der Waals surface area contributed by atoms with Crippen molar-refractivity contribution in [3.05, 3.63) is 54.6 Å². The average molecular weight is 417 g/mol. The lowest BCUT2D eigenvalue weighted by Crippen LogP contribution is -2.49. The quantitative estimate of drug-likeness (QED) is 0.726. The van der Waals surface area contributed by atoms with Crippen LogP contribution in [0.15, 0.2) is 54.6 Å². The number of carbonyl (C=O) groups is 1. The predicted octanol–water partition coefficient (Wildman–Crippen LogP) is 3.00. The first-order chi connectivity index (χ1) is 13.8. The van der Waals surface area contributed by atoms with E-state index in [9.17, 15) is 13.2 Å². The lowest BCUT2D eigenvalue weighted by Gasteiger charge is -2.36. The van der Waals surface area contributed by atoms with E-state index in [0.29, 0.717) is 31.7 Å². The number of nitrogens with zero attached hydrogens (tertiary/aromatic N) is 2. The van der Waals surface area contributed by atoms with Gasteiger partial charge in [-0.25, -0.2) is 12.7 Å². The van der Waals surface area contributed by atoms with Gasteiger partial charge >= 0.3 is 0 Å². The Morgan fingerprint density at radius 1 is 1.03 bits per heavy atom. The summed E-state index contributed by atoms with van der Waals surface area (Å²) in [6, 6.07) is 17.7. The molecule has 7 heteroatoms. The first-order valence-corrected chi connectivity index (χ1v) is 11.6. The Labute approximate surface area is 173 Å². The van der Waals surface area contributed by atoms with Crippen molar-refractivity contribution in [2.75, 3.05) is 26.4 Å². The molecule has 0 saturated carbocycles. The van der Waals surface area contributed by atoms with Crippen LogP contribution in [0.5, 0.6) is 5.75 Å². The molecule has 3 rings (SSSR count). The molecule has 2 aromatic rings. The molecule has 1 saturated heterocycles. The van der Waals surface area contributed by atoms with E-state index in [1.807, 2.05) is 54.6 Å². The van der Waals surface area contributed by atoms with Crippen LogP contribution in [0.25, 0.3) is 11.1 Å². The topological polar surface area (TPSA) is 66.9 Å². The van der Waals surface area contributed by atoms with E-state index in [0.717, 1.165) is 11.1 Å². The Morgan fingerprint density at radius 2 is 1.59 bits per heavy atom. The molecule has 0 spiro atoms. The van der Waals surface area contributed by atoms with Crippen molar-refractivity contribution in [1.82, 2.24) is 9.21 Å². The van der Waals surface area contributed by atoms with Crippen molar-refractivity contribution in [1.29, 1.82) is 0 Å². The van der Waals surface area contributed by atoms with Crippen LogP contribution in [-0.2, 0) is 14.8 Å². The summed E-state index contributed by atoms with van der Waals surface area (Å²) in [7, 11) is -1.62. The van der Waals surface area contributed by atoms with Gasteiger partial charge < -0.3 is 9.64 Å². The molecule has 1 unspecified atom stereocenters. The largest absolute Gasteiger partial charge is 0.481 e. The van der Waals surface area contributed by atoms with Gasteiger partial charge in [-0.1, -0.05) is 42.5 Å². The van der Waals surface area contributed by atoms with Gasteiger partial charge in [-0.05, 0) is 43.0 Å². The zero-order chi connectivity index (χ0) is 21.0. The van der Waals surface area contributed by atoms with Crippen molar-refractivity contribution < 1.29 is 17.9 Å². The van der Waals surface area contributed by atoms with Crippen molar-refractivity contribution in [3.63, 3.8) is 0 Å². The number of sulfonamides is 1. The fourth-order valence-electron chi connectivity index (χ4n) is 3.59. The summed E-state index contributed by atoms with van der Waals surface area (Å²) >= 11 is 0. The van der Waals surface area contributed by atoms with Crippen molar-refractivity contribution in [3.8, 4) is 16.9 Å². The normalized spacial score (nSPS) is 16.6. The summed E-state index contributed by atoms with van der Waals surface area (Å²) in [5, 5.41) is 0. The van der Waals surface area contributed by atoms with Gasteiger partial charge in [0, 0.05) is 26.2 Å². The molecule has 0 aromatic heterocycles. The zero-order valence-electron chi connectivity index (χ0n) is 17.1. The van der Waals surface area contributed by atoms with Gasteiger partial charge in [0.25, 0.3) is 5.91 Å². The molecule has 1 aliphatic rings. The Hall–Kier alpha value is -2.38.